The van der Waals surface area contributed by atoms with Gasteiger partial charge in [-0.15, -0.1) is 0 Å². The maximum atomic E-state index is 6.11. The van der Waals surface area contributed by atoms with Crippen LogP contribution in [-0.4, -0.2) is 0 Å². The summed E-state index contributed by atoms with van der Waals surface area (Å²) in [5, 5.41) is 0. The first kappa shape index (κ1) is 16.8. The second-order valence-electron chi connectivity index (χ2n) is 4.81. The van der Waals surface area contributed by atoms with Crippen molar-refractivity contribution in [1.29, 1.82) is 0 Å². The molecule has 2 aromatic carbocycles. The van der Waals surface area contributed by atoms with Gasteiger partial charge in [-0.2, -0.15) is 0 Å². The fourth-order valence-electron chi connectivity index (χ4n) is 1.86. The number of rotatable bonds is 3. The summed E-state index contributed by atoms with van der Waals surface area (Å²) < 4.78 is 0. The Bertz CT molecular complexity index is 603. The van der Waals surface area contributed by atoms with Gasteiger partial charge in [0, 0.05) is 5.70 Å². The number of allylic oxidation sites excluding steroid dienone is 3. The molecule has 1 nitrogen and oxygen atoms in total. The summed E-state index contributed by atoms with van der Waals surface area (Å²) >= 11 is 0. The van der Waals surface area contributed by atoms with Crippen molar-refractivity contribution in [3.8, 4) is 11.1 Å². The molecule has 0 aliphatic rings. The van der Waals surface area contributed by atoms with E-state index in [1.54, 1.807) is 0 Å². The van der Waals surface area contributed by atoms with Crippen molar-refractivity contribution in [1.82, 2.24) is 0 Å². The summed E-state index contributed by atoms with van der Waals surface area (Å²) in [5.74, 6) is 0. The molecule has 0 saturated carbocycles. The van der Waals surface area contributed by atoms with E-state index >= 15 is 0 Å². The van der Waals surface area contributed by atoms with Crippen LogP contribution in [0.4, 0.5) is 0 Å². The molecule has 0 bridgehead atoms. The molecule has 0 radical (unpaired) electrons. The molecule has 2 aromatic rings. The zero-order chi connectivity index (χ0) is 15.7. The van der Waals surface area contributed by atoms with E-state index in [9.17, 15) is 0 Å². The lowest BCUT2D eigenvalue weighted by atomic mass is 10.0. The van der Waals surface area contributed by atoms with E-state index in [2.05, 4.69) is 38.1 Å². The summed E-state index contributed by atoms with van der Waals surface area (Å²) in [7, 11) is 0. The minimum Gasteiger partial charge on any atom is -0.398 e. The van der Waals surface area contributed by atoms with Gasteiger partial charge in [0.15, 0.2) is 0 Å². The summed E-state index contributed by atoms with van der Waals surface area (Å²) in [6.07, 6.45) is 3.99. The number of hydrogen-bond acceptors (Lipinski definition) is 1. The van der Waals surface area contributed by atoms with Crippen LogP contribution in [-0.2, 0) is 0 Å². The maximum Gasteiger partial charge on any atom is 0.0387 e. The molecule has 0 unspecified atom stereocenters. The smallest absolute Gasteiger partial charge is 0.0387 e. The monoisotopic (exact) mass is 279 g/mol. The summed E-state index contributed by atoms with van der Waals surface area (Å²) in [5.41, 5.74) is 11.6. The third-order valence-corrected chi connectivity index (χ3v) is 2.90. The molecule has 0 aliphatic carbocycles. The Balaban J connectivity index is 0.00000106. The van der Waals surface area contributed by atoms with Crippen molar-refractivity contribution in [3.05, 3.63) is 77.9 Å². The van der Waals surface area contributed by atoms with Gasteiger partial charge in [0.2, 0.25) is 0 Å². The zero-order valence-corrected chi connectivity index (χ0v) is 13.4. The highest BCUT2D eigenvalue weighted by Gasteiger charge is 2.00. The summed E-state index contributed by atoms with van der Waals surface area (Å²) in [4.78, 5) is 0. The lowest BCUT2D eigenvalue weighted by Gasteiger charge is -2.05. The molecule has 21 heavy (non-hydrogen) atoms. The molecular weight excluding hydrogens is 254 g/mol. The van der Waals surface area contributed by atoms with Crippen LogP contribution in [0.1, 0.15) is 33.3 Å². The van der Waals surface area contributed by atoms with E-state index in [0.717, 1.165) is 11.3 Å². The third-order valence-electron chi connectivity index (χ3n) is 2.90. The standard InChI is InChI=1S/C18H19N.C2H6/c1-14(2)11-12-18(19)17-10-6-9-16(13-17)15-7-4-3-5-8-15;1-2/h3-13H,19H2,1-2H3;1-2H3/b18-12-;. The zero-order valence-electron chi connectivity index (χ0n) is 13.4. The van der Waals surface area contributed by atoms with Crippen LogP contribution in [0, 0.1) is 0 Å². The van der Waals surface area contributed by atoms with E-state index in [0.29, 0.717) is 0 Å². The Labute approximate surface area is 128 Å². The minimum absolute atomic E-state index is 0.791. The second-order valence-corrected chi connectivity index (χ2v) is 4.81. The Morgan fingerprint density at radius 3 is 2.05 bits per heavy atom. The highest BCUT2D eigenvalue weighted by atomic mass is 14.6. The number of hydrogen-bond donors (Lipinski definition) is 1. The number of nitrogens with two attached hydrogens (primary N) is 1. The van der Waals surface area contributed by atoms with E-state index in [-0.39, 0.29) is 0 Å². The molecule has 0 fully saturated rings. The first-order valence-corrected chi connectivity index (χ1v) is 7.43. The molecule has 2 rings (SSSR count). The van der Waals surface area contributed by atoms with E-state index in [1.165, 1.54) is 16.7 Å². The van der Waals surface area contributed by atoms with E-state index in [1.807, 2.05) is 56.3 Å². The quantitative estimate of drug-likeness (QED) is 0.722. The average Bonchev–Trinajstić information content (AvgIpc) is 2.55. The Morgan fingerprint density at radius 1 is 0.810 bits per heavy atom. The predicted molar refractivity (Wildman–Crippen MR) is 94.8 cm³/mol. The first-order chi connectivity index (χ1) is 10.2. The molecule has 0 aromatic heterocycles. The topological polar surface area (TPSA) is 26.0 Å². The predicted octanol–water partition coefficient (Wildman–Crippen LogP) is 5.65. The van der Waals surface area contributed by atoms with Gasteiger partial charge >= 0.3 is 0 Å². The molecule has 0 saturated heterocycles. The van der Waals surface area contributed by atoms with Gasteiger partial charge < -0.3 is 5.73 Å². The van der Waals surface area contributed by atoms with Crippen molar-refractivity contribution >= 4 is 5.70 Å². The van der Waals surface area contributed by atoms with Gasteiger partial charge in [0.25, 0.3) is 0 Å². The van der Waals surface area contributed by atoms with Crippen molar-refractivity contribution < 1.29 is 0 Å². The van der Waals surface area contributed by atoms with Crippen molar-refractivity contribution in [2.24, 2.45) is 5.73 Å². The van der Waals surface area contributed by atoms with Crippen LogP contribution in [0.3, 0.4) is 0 Å². The molecule has 0 spiro atoms. The van der Waals surface area contributed by atoms with Crippen LogP contribution >= 0.6 is 0 Å². The van der Waals surface area contributed by atoms with Crippen LogP contribution < -0.4 is 5.73 Å². The van der Waals surface area contributed by atoms with Crippen LogP contribution in [0.15, 0.2) is 72.3 Å². The van der Waals surface area contributed by atoms with E-state index < -0.39 is 0 Å². The maximum absolute atomic E-state index is 6.11. The van der Waals surface area contributed by atoms with Gasteiger partial charge in [-0.3, -0.25) is 0 Å². The molecule has 0 aliphatic heterocycles. The van der Waals surface area contributed by atoms with E-state index in [4.69, 9.17) is 5.73 Å². The lowest BCUT2D eigenvalue weighted by molar-refractivity contribution is 1.39. The molecule has 1 heteroatoms. The molecular formula is C20H25N. The van der Waals surface area contributed by atoms with Crippen LogP contribution in [0.5, 0.6) is 0 Å². The van der Waals surface area contributed by atoms with Gasteiger partial charge in [-0.05, 0) is 42.7 Å². The highest BCUT2D eigenvalue weighted by Crippen LogP contribution is 2.22. The fourth-order valence-corrected chi connectivity index (χ4v) is 1.86. The third kappa shape index (κ3) is 5.31. The molecule has 0 atom stereocenters. The van der Waals surface area contributed by atoms with Crippen molar-refractivity contribution in [2.75, 3.05) is 0 Å². The van der Waals surface area contributed by atoms with Gasteiger partial charge in [0.05, 0.1) is 0 Å². The molecule has 110 valence electrons. The highest BCUT2D eigenvalue weighted by molar-refractivity contribution is 5.71. The first-order valence-electron chi connectivity index (χ1n) is 7.43. The van der Waals surface area contributed by atoms with Crippen LogP contribution in [0.2, 0.25) is 0 Å². The van der Waals surface area contributed by atoms with Crippen LogP contribution in [0.25, 0.3) is 16.8 Å². The van der Waals surface area contributed by atoms with Gasteiger partial charge in [0.1, 0.15) is 0 Å². The Hall–Kier alpha value is -2.28. The normalized spacial score (nSPS) is 10.4. The largest absolute Gasteiger partial charge is 0.398 e. The minimum atomic E-state index is 0.791. The number of benzene rings is 2. The summed E-state index contributed by atoms with van der Waals surface area (Å²) in [6, 6.07) is 18.6. The van der Waals surface area contributed by atoms with Crippen molar-refractivity contribution in [3.63, 3.8) is 0 Å². The molecule has 0 heterocycles. The Morgan fingerprint density at radius 2 is 1.43 bits per heavy atom. The van der Waals surface area contributed by atoms with Gasteiger partial charge in [-0.1, -0.05) is 74.0 Å². The molecule has 2 N–H and O–H groups in total. The second kappa shape index (κ2) is 8.80. The fraction of sp³-hybridized carbons (Fsp3) is 0.200. The average molecular weight is 279 g/mol. The lowest BCUT2D eigenvalue weighted by Crippen LogP contribution is -1.95. The molecule has 0 amide bonds. The van der Waals surface area contributed by atoms with Gasteiger partial charge in [-0.25, -0.2) is 0 Å². The summed E-state index contributed by atoms with van der Waals surface area (Å²) in [6.45, 7) is 8.12. The SMILES string of the molecule is CC.CC(C)=C/C=C(\N)c1cccc(-c2ccccc2)c1. The van der Waals surface area contributed by atoms with Crippen molar-refractivity contribution in [2.45, 2.75) is 27.7 Å². The Kier molecular flexibility index (Phi) is 7.03.